The zero-order valence-corrected chi connectivity index (χ0v) is 15.6. The highest BCUT2D eigenvalue weighted by Gasteiger charge is 2.30. The van der Waals surface area contributed by atoms with Crippen LogP contribution in [0.1, 0.15) is 37.0 Å². The fourth-order valence-electron chi connectivity index (χ4n) is 2.57. The summed E-state index contributed by atoms with van der Waals surface area (Å²) in [5, 5.41) is 3.53. The van der Waals surface area contributed by atoms with Gasteiger partial charge in [-0.25, -0.2) is 0 Å². The Morgan fingerprint density at radius 2 is 2.20 bits per heavy atom. The highest BCUT2D eigenvalue weighted by Crippen LogP contribution is 2.23. The molecule has 1 aliphatic rings. The molecule has 0 bridgehead atoms. The van der Waals surface area contributed by atoms with E-state index in [0.717, 1.165) is 39.5 Å². The summed E-state index contributed by atoms with van der Waals surface area (Å²) in [6, 6.07) is 6.59. The molecule has 0 spiro atoms. The minimum Gasteiger partial charge on any atom is -0.333 e. The maximum atomic E-state index is 12.9. The standard InChI is InChI=1S/C15H20BrIN2O/c1-3-11-9-19(12(4-2)8-18-11)15(20)13-7-10(16)5-6-14(13)17/h5-7,11-12,18H,3-4,8-9H2,1-2H3. The molecule has 2 atom stereocenters. The van der Waals surface area contributed by atoms with Crippen LogP contribution < -0.4 is 5.32 Å². The lowest BCUT2D eigenvalue weighted by Gasteiger charge is -2.40. The van der Waals surface area contributed by atoms with Crippen LogP contribution in [-0.4, -0.2) is 36.0 Å². The van der Waals surface area contributed by atoms with E-state index in [9.17, 15) is 4.79 Å². The Bertz CT molecular complexity index is 495. The van der Waals surface area contributed by atoms with Crippen LogP contribution in [0, 0.1) is 3.57 Å². The molecule has 1 aliphatic heterocycles. The third kappa shape index (κ3) is 3.54. The molecule has 0 aromatic heterocycles. The molecule has 1 amide bonds. The van der Waals surface area contributed by atoms with Crippen molar-refractivity contribution in [3.05, 3.63) is 31.8 Å². The van der Waals surface area contributed by atoms with E-state index in [1.807, 2.05) is 18.2 Å². The van der Waals surface area contributed by atoms with Crippen molar-refractivity contribution in [3.63, 3.8) is 0 Å². The monoisotopic (exact) mass is 450 g/mol. The predicted molar refractivity (Wildman–Crippen MR) is 94.1 cm³/mol. The largest absolute Gasteiger partial charge is 0.333 e. The molecule has 3 nitrogen and oxygen atoms in total. The van der Waals surface area contributed by atoms with Crippen molar-refractivity contribution in [2.75, 3.05) is 13.1 Å². The van der Waals surface area contributed by atoms with Crippen LogP contribution in [-0.2, 0) is 0 Å². The smallest absolute Gasteiger partial charge is 0.255 e. The molecule has 1 N–H and O–H groups in total. The van der Waals surface area contributed by atoms with E-state index in [1.54, 1.807) is 0 Å². The van der Waals surface area contributed by atoms with Gasteiger partial charge in [0.1, 0.15) is 0 Å². The maximum absolute atomic E-state index is 12.9. The molecule has 2 rings (SSSR count). The van der Waals surface area contributed by atoms with Gasteiger partial charge >= 0.3 is 0 Å². The van der Waals surface area contributed by atoms with Crippen molar-refractivity contribution in [1.29, 1.82) is 0 Å². The third-order valence-corrected chi connectivity index (χ3v) is 5.32. The van der Waals surface area contributed by atoms with Gasteiger partial charge in [-0.15, -0.1) is 0 Å². The molecule has 0 radical (unpaired) electrons. The van der Waals surface area contributed by atoms with Gasteiger partial charge in [-0.2, -0.15) is 0 Å². The Kier molecular flexibility index (Phi) is 5.86. The van der Waals surface area contributed by atoms with E-state index in [-0.39, 0.29) is 5.91 Å². The van der Waals surface area contributed by atoms with Gasteiger partial charge < -0.3 is 10.2 Å². The van der Waals surface area contributed by atoms with Gasteiger partial charge in [-0.1, -0.05) is 29.8 Å². The molecule has 0 saturated carbocycles. The molecule has 1 heterocycles. The number of carbonyl (C=O) groups excluding carboxylic acids is 1. The summed E-state index contributed by atoms with van der Waals surface area (Å²) in [7, 11) is 0. The highest BCUT2D eigenvalue weighted by molar-refractivity contribution is 14.1. The van der Waals surface area contributed by atoms with E-state index in [0.29, 0.717) is 12.1 Å². The molecular formula is C15H20BrIN2O. The number of benzene rings is 1. The van der Waals surface area contributed by atoms with Crippen LogP contribution in [0.2, 0.25) is 0 Å². The number of carbonyl (C=O) groups is 1. The van der Waals surface area contributed by atoms with Gasteiger partial charge in [0.2, 0.25) is 0 Å². The van der Waals surface area contributed by atoms with Gasteiger partial charge in [-0.3, -0.25) is 4.79 Å². The maximum Gasteiger partial charge on any atom is 0.255 e. The van der Waals surface area contributed by atoms with Gasteiger partial charge in [-0.05, 0) is 53.6 Å². The summed E-state index contributed by atoms with van der Waals surface area (Å²) >= 11 is 5.70. The topological polar surface area (TPSA) is 32.3 Å². The summed E-state index contributed by atoms with van der Waals surface area (Å²) in [4.78, 5) is 14.9. The van der Waals surface area contributed by atoms with Crippen LogP contribution in [0.4, 0.5) is 0 Å². The van der Waals surface area contributed by atoms with Crippen LogP contribution in [0.3, 0.4) is 0 Å². The minimum atomic E-state index is 0.155. The van der Waals surface area contributed by atoms with Gasteiger partial charge in [0.05, 0.1) is 5.56 Å². The lowest BCUT2D eigenvalue weighted by atomic mass is 10.0. The second-order valence-electron chi connectivity index (χ2n) is 5.16. The summed E-state index contributed by atoms with van der Waals surface area (Å²) in [5.74, 6) is 0.155. The van der Waals surface area contributed by atoms with Crippen molar-refractivity contribution in [1.82, 2.24) is 10.2 Å². The molecule has 5 heteroatoms. The van der Waals surface area contributed by atoms with Crippen molar-refractivity contribution in [2.45, 2.75) is 38.8 Å². The van der Waals surface area contributed by atoms with E-state index in [2.05, 4.69) is 62.6 Å². The molecule has 1 fully saturated rings. The number of nitrogens with zero attached hydrogens (tertiary/aromatic N) is 1. The van der Waals surface area contributed by atoms with Crippen molar-refractivity contribution >= 4 is 44.4 Å². The molecule has 1 saturated heterocycles. The number of nitrogens with one attached hydrogen (secondary N) is 1. The van der Waals surface area contributed by atoms with E-state index >= 15 is 0 Å². The van der Waals surface area contributed by atoms with Gasteiger partial charge in [0.25, 0.3) is 5.91 Å². The summed E-state index contributed by atoms with van der Waals surface area (Å²) in [6.45, 7) is 6.00. The number of halogens is 2. The lowest BCUT2D eigenvalue weighted by molar-refractivity contribution is 0.0575. The van der Waals surface area contributed by atoms with Gasteiger partial charge in [0.15, 0.2) is 0 Å². The summed E-state index contributed by atoms with van der Waals surface area (Å²) in [6.07, 6.45) is 2.04. The first-order valence-corrected chi connectivity index (χ1v) is 8.93. The van der Waals surface area contributed by atoms with Crippen molar-refractivity contribution < 1.29 is 4.79 Å². The lowest BCUT2D eigenvalue weighted by Crippen LogP contribution is -2.58. The number of amides is 1. The molecule has 2 unspecified atom stereocenters. The molecule has 0 aliphatic carbocycles. The average Bonchev–Trinajstić information content (AvgIpc) is 2.48. The highest BCUT2D eigenvalue weighted by atomic mass is 127. The average molecular weight is 451 g/mol. The molecule has 110 valence electrons. The zero-order chi connectivity index (χ0) is 14.7. The van der Waals surface area contributed by atoms with E-state index in [1.165, 1.54) is 0 Å². The van der Waals surface area contributed by atoms with Gasteiger partial charge in [0, 0.05) is 33.2 Å². The molecule has 20 heavy (non-hydrogen) atoms. The summed E-state index contributed by atoms with van der Waals surface area (Å²) < 4.78 is 1.97. The minimum absolute atomic E-state index is 0.155. The Labute approximate surface area is 142 Å². The fraction of sp³-hybridized carbons (Fsp3) is 0.533. The van der Waals surface area contributed by atoms with Crippen LogP contribution in [0.25, 0.3) is 0 Å². The SMILES string of the molecule is CCC1CN(C(=O)c2cc(Br)ccc2I)C(CC)CN1. The first kappa shape index (κ1) is 16.2. The quantitative estimate of drug-likeness (QED) is 0.712. The Hall–Kier alpha value is -0.140. The predicted octanol–water partition coefficient (Wildman–Crippen LogP) is 3.66. The van der Waals surface area contributed by atoms with E-state index in [4.69, 9.17) is 0 Å². The first-order chi connectivity index (χ1) is 9.56. The molecule has 1 aromatic carbocycles. The second-order valence-corrected chi connectivity index (χ2v) is 7.24. The zero-order valence-electron chi connectivity index (χ0n) is 11.8. The Morgan fingerprint density at radius 3 is 2.85 bits per heavy atom. The van der Waals surface area contributed by atoms with Crippen LogP contribution >= 0.6 is 38.5 Å². The second kappa shape index (κ2) is 7.22. The number of hydrogen-bond donors (Lipinski definition) is 1. The van der Waals surface area contributed by atoms with Crippen LogP contribution in [0.5, 0.6) is 0 Å². The molecule has 1 aromatic rings. The van der Waals surface area contributed by atoms with Crippen molar-refractivity contribution in [3.8, 4) is 0 Å². The first-order valence-electron chi connectivity index (χ1n) is 7.06. The fourth-order valence-corrected chi connectivity index (χ4v) is 3.49. The Morgan fingerprint density at radius 1 is 1.45 bits per heavy atom. The van der Waals surface area contributed by atoms with Crippen LogP contribution in [0.15, 0.2) is 22.7 Å². The van der Waals surface area contributed by atoms with Crippen molar-refractivity contribution in [2.24, 2.45) is 0 Å². The van der Waals surface area contributed by atoms with E-state index < -0.39 is 0 Å². The third-order valence-electron chi connectivity index (χ3n) is 3.88. The number of hydrogen-bond acceptors (Lipinski definition) is 2. The number of piperazine rings is 1. The summed E-state index contributed by atoms with van der Waals surface area (Å²) in [5.41, 5.74) is 0.801. The Balaban J connectivity index is 2.26. The number of rotatable bonds is 3. The normalized spacial score (nSPS) is 22.9. The molecular weight excluding hydrogens is 431 g/mol.